The van der Waals surface area contributed by atoms with Gasteiger partial charge >= 0.3 is 0 Å². The number of nitrogens with zero attached hydrogens (tertiary/aromatic N) is 2. The van der Waals surface area contributed by atoms with Gasteiger partial charge in [-0.1, -0.05) is 35.1 Å². The Morgan fingerprint density at radius 3 is 2.64 bits per heavy atom. The van der Waals surface area contributed by atoms with Crippen LogP contribution in [0.5, 0.6) is 16.7 Å². The quantitative estimate of drug-likeness (QED) is 0.571. The van der Waals surface area contributed by atoms with Crippen LogP contribution in [0.2, 0.25) is 5.02 Å². The van der Waals surface area contributed by atoms with E-state index < -0.39 is 10.0 Å². The van der Waals surface area contributed by atoms with Crippen molar-refractivity contribution in [3.8, 4) is 16.7 Å². The molecule has 146 valence electrons. The SMILES string of the molecule is O=S(=O)(c1ccc(Oc2ccccc2Cl)cc1)N1CCC(Oc2nccs2)C1. The molecule has 0 radical (unpaired) electrons. The molecule has 1 unspecified atom stereocenters. The number of hydrogen-bond donors (Lipinski definition) is 0. The Hall–Kier alpha value is -2.13. The van der Waals surface area contributed by atoms with Crippen molar-refractivity contribution in [2.45, 2.75) is 17.4 Å². The molecule has 1 aliphatic heterocycles. The molecule has 1 atom stereocenters. The first kappa shape index (κ1) is 19.2. The fourth-order valence-electron chi connectivity index (χ4n) is 2.91. The summed E-state index contributed by atoms with van der Waals surface area (Å²) in [6, 6.07) is 13.4. The Labute approximate surface area is 172 Å². The molecule has 9 heteroatoms. The van der Waals surface area contributed by atoms with E-state index in [0.29, 0.717) is 41.2 Å². The molecule has 2 aromatic carbocycles. The average molecular weight is 437 g/mol. The van der Waals surface area contributed by atoms with E-state index in [0.717, 1.165) is 0 Å². The lowest BCUT2D eigenvalue weighted by Gasteiger charge is -2.17. The Morgan fingerprint density at radius 1 is 1.14 bits per heavy atom. The van der Waals surface area contributed by atoms with Crippen LogP contribution in [0.1, 0.15) is 6.42 Å². The number of rotatable bonds is 6. The van der Waals surface area contributed by atoms with E-state index in [2.05, 4.69) is 4.98 Å². The van der Waals surface area contributed by atoms with E-state index in [-0.39, 0.29) is 11.0 Å². The number of hydrogen-bond acceptors (Lipinski definition) is 6. The smallest absolute Gasteiger partial charge is 0.273 e. The van der Waals surface area contributed by atoms with Crippen molar-refractivity contribution in [1.82, 2.24) is 9.29 Å². The number of para-hydroxylation sites is 1. The van der Waals surface area contributed by atoms with Gasteiger partial charge in [-0.2, -0.15) is 4.31 Å². The summed E-state index contributed by atoms with van der Waals surface area (Å²) in [6.45, 7) is 0.718. The first-order chi connectivity index (χ1) is 13.5. The summed E-state index contributed by atoms with van der Waals surface area (Å²) in [5.41, 5.74) is 0. The number of benzene rings is 2. The van der Waals surface area contributed by atoms with Crippen LogP contribution in [-0.2, 0) is 10.0 Å². The predicted octanol–water partition coefficient (Wildman–Crippen LogP) is 4.43. The number of ether oxygens (including phenoxy) is 2. The zero-order chi connectivity index (χ0) is 19.6. The minimum absolute atomic E-state index is 0.191. The second kappa shape index (κ2) is 8.08. The van der Waals surface area contributed by atoms with Crippen LogP contribution in [0, 0.1) is 0 Å². The summed E-state index contributed by atoms with van der Waals surface area (Å²) in [5, 5.41) is 2.87. The van der Waals surface area contributed by atoms with Gasteiger partial charge in [0.25, 0.3) is 5.19 Å². The number of sulfonamides is 1. The van der Waals surface area contributed by atoms with Crippen LogP contribution in [0.25, 0.3) is 0 Å². The molecule has 2 heterocycles. The third kappa shape index (κ3) is 4.15. The van der Waals surface area contributed by atoms with Gasteiger partial charge in [0.05, 0.1) is 16.5 Å². The van der Waals surface area contributed by atoms with Gasteiger partial charge in [0.1, 0.15) is 17.6 Å². The minimum atomic E-state index is -3.59. The van der Waals surface area contributed by atoms with Crippen LogP contribution < -0.4 is 9.47 Å². The van der Waals surface area contributed by atoms with Gasteiger partial charge in [0, 0.05) is 18.1 Å². The van der Waals surface area contributed by atoms with Crippen molar-refractivity contribution in [2.24, 2.45) is 0 Å². The highest BCUT2D eigenvalue weighted by molar-refractivity contribution is 7.89. The second-order valence-electron chi connectivity index (χ2n) is 6.19. The highest BCUT2D eigenvalue weighted by atomic mass is 35.5. The Kier molecular flexibility index (Phi) is 5.54. The average Bonchev–Trinajstić information content (AvgIpc) is 3.37. The molecule has 0 N–H and O–H groups in total. The normalized spacial score (nSPS) is 17.5. The van der Waals surface area contributed by atoms with Gasteiger partial charge in [-0.15, -0.1) is 0 Å². The number of aromatic nitrogens is 1. The van der Waals surface area contributed by atoms with Gasteiger partial charge in [0.2, 0.25) is 10.0 Å². The topological polar surface area (TPSA) is 68.7 Å². The Bertz CT molecular complexity index is 1040. The third-order valence-electron chi connectivity index (χ3n) is 4.31. The largest absolute Gasteiger partial charge is 0.465 e. The zero-order valence-electron chi connectivity index (χ0n) is 14.7. The van der Waals surface area contributed by atoms with Crippen LogP contribution >= 0.6 is 22.9 Å². The molecule has 1 saturated heterocycles. The highest BCUT2D eigenvalue weighted by Crippen LogP contribution is 2.30. The molecule has 1 aromatic heterocycles. The predicted molar refractivity (Wildman–Crippen MR) is 108 cm³/mol. The molecule has 1 fully saturated rings. The van der Waals surface area contributed by atoms with E-state index in [1.807, 2.05) is 17.5 Å². The van der Waals surface area contributed by atoms with Gasteiger partial charge in [-0.05, 0) is 42.8 Å². The van der Waals surface area contributed by atoms with E-state index in [9.17, 15) is 8.42 Å². The number of halogens is 1. The summed E-state index contributed by atoms with van der Waals surface area (Å²) in [7, 11) is -3.59. The zero-order valence-corrected chi connectivity index (χ0v) is 17.1. The summed E-state index contributed by atoms with van der Waals surface area (Å²) in [4.78, 5) is 4.30. The second-order valence-corrected chi connectivity index (χ2v) is 9.40. The highest BCUT2D eigenvalue weighted by Gasteiger charge is 2.34. The maximum Gasteiger partial charge on any atom is 0.273 e. The van der Waals surface area contributed by atoms with E-state index >= 15 is 0 Å². The van der Waals surface area contributed by atoms with Crippen molar-refractivity contribution in [3.05, 3.63) is 65.1 Å². The van der Waals surface area contributed by atoms with Gasteiger partial charge in [-0.25, -0.2) is 13.4 Å². The van der Waals surface area contributed by atoms with Gasteiger partial charge in [0.15, 0.2) is 0 Å². The van der Waals surface area contributed by atoms with E-state index in [1.165, 1.54) is 27.8 Å². The molecular weight excluding hydrogens is 420 g/mol. The fraction of sp³-hybridized carbons (Fsp3) is 0.211. The standard InChI is InChI=1S/C19H17ClN2O4S2/c20-17-3-1-2-4-18(17)25-14-5-7-16(8-6-14)28(23,24)22-11-9-15(13-22)26-19-21-10-12-27-19/h1-8,10,12,15H,9,11,13H2. The fourth-order valence-corrected chi connectivity index (χ4v) is 5.12. The summed E-state index contributed by atoms with van der Waals surface area (Å²) in [5.74, 6) is 1.03. The third-order valence-corrected chi connectivity index (χ3v) is 7.16. The van der Waals surface area contributed by atoms with Crippen molar-refractivity contribution < 1.29 is 17.9 Å². The maximum atomic E-state index is 12.9. The lowest BCUT2D eigenvalue weighted by atomic mass is 10.3. The van der Waals surface area contributed by atoms with Crippen molar-refractivity contribution >= 4 is 33.0 Å². The molecule has 0 saturated carbocycles. The molecule has 0 bridgehead atoms. The van der Waals surface area contributed by atoms with Gasteiger partial charge < -0.3 is 9.47 Å². The van der Waals surface area contributed by atoms with Crippen LogP contribution in [-0.4, -0.2) is 36.9 Å². The summed E-state index contributed by atoms with van der Waals surface area (Å²) in [6.07, 6.45) is 2.10. The molecule has 1 aliphatic rings. The van der Waals surface area contributed by atoms with Crippen LogP contribution in [0.4, 0.5) is 0 Å². The lowest BCUT2D eigenvalue weighted by Crippen LogP contribution is -2.31. The Balaban J connectivity index is 1.44. The van der Waals surface area contributed by atoms with Crippen molar-refractivity contribution in [1.29, 1.82) is 0 Å². The van der Waals surface area contributed by atoms with E-state index in [4.69, 9.17) is 21.1 Å². The molecule has 0 aliphatic carbocycles. The summed E-state index contributed by atoms with van der Waals surface area (Å²) >= 11 is 7.48. The minimum Gasteiger partial charge on any atom is -0.465 e. The van der Waals surface area contributed by atoms with Crippen LogP contribution in [0.3, 0.4) is 0 Å². The van der Waals surface area contributed by atoms with Crippen molar-refractivity contribution in [3.63, 3.8) is 0 Å². The summed E-state index contributed by atoms with van der Waals surface area (Å²) < 4.78 is 38.7. The van der Waals surface area contributed by atoms with Crippen molar-refractivity contribution in [2.75, 3.05) is 13.1 Å². The molecule has 4 rings (SSSR count). The molecule has 0 spiro atoms. The first-order valence-corrected chi connectivity index (χ1v) is 11.3. The maximum absolute atomic E-state index is 12.9. The molecule has 28 heavy (non-hydrogen) atoms. The monoisotopic (exact) mass is 436 g/mol. The first-order valence-electron chi connectivity index (χ1n) is 8.61. The van der Waals surface area contributed by atoms with Crippen LogP contribution in [0.15, 0.2) is 65.0 Å². The van der Waals surface area contributed by atoms with Gasteiger partial charge in [-0.3, -0.25) is 0 Å². The van der Waals surface area contributed by atoms with E-state index in [1.54, 1.807) is 30.5 Å². The molecular formula is C19H17ClN2O4S2. The Morgan fingerprint density at radius 2 is 1.93 bits per heavy atom. The molecule has 0 amide bonds. The number of thiazole rings is 1. The molecule has 6 nitrogen and oxygen atoms in total. The molecule has 3 aromatic rings. The lowest BCUT2D eigenvalue weighted by molar-refractivity contribution is 0.214.